The molecule has 1 heterocycles. The molecule has 0 bridgehead atoms. The second-order valence-electron chi connectivity index (χ2n) is 5.49. The van der Waals surface area contributed by atoms with E-state index in [1.165, 1.54) is 28.6 Å². The monoisotopic (exact) mass is 386 g/mol. The van der Waals surface area contributed by atoms with Gasteiger partial charge >= 0.3 is 0 Å². The maximum atomic E-state index is 12.2. The van der Waals surface area contributed by atoms with Gasteiger partial charge in [0.15, 0.2) is 11.6 Å². The largest absolute Gasteiger partial charge is 0.508 e. The standard InChI is InChI=1S/C18H18N4O4S/c1-25-14-6-8-15(9-7-14)26-10-17-20-21-18(22(17)19)27-11-16(24)12-2-4-13(23)5-3-12/h2-9,23H,10-11,19H2,1H3. The van der Waals surface area contributed by atoms with E-state index >= 15 is 0 Å². The number of nitrogens with zero attached hydrogens (tertiary/aromatic N) is 3. The summed E-state index contributed by atoms with van der Waals surface area (Å²) >= 11 is 1.18. The lowest BCUT2D eigenvalue weighted by atomic mass is 10.1. The number of ether oxygens (including phenoxy) is 2. The third-order valence-corrected chi connectivity index (χ3v) is 4.63. The van der Waals surface area contributed by atoms with E-state index in [0.717, 1.165) is 5.75 Å². The van der Waals surface area contributed by atoms with Crippen molar-refractivity contribution in [3.8, 4) is 17.2 Å². The van der Waals surface area contributed by atoms with Gasteiger partial charge < -0.3 is 20.4 Å². The number of carbonyl (C=O) groups excluding carboxylic acids is 1. The fourth-order valence-electron chi connectivity index (χ4n) is 2.18. The number of nitrogen functional groups attached to an aromatic ring is 1. The van der Waals surface area contributed by atoms with Crippen LogP contribution in [0.25, 0.3) is 0 Å². The first-order valence-corrected chi connectivity index (χ1v) is 8.96. The smallest absolute Gasteiger partial charge is 0.210 e. The maximum absolute atomic E-state index is 12.2. The summed E-state index contributed by atoms with van der Waals surface area (Å²) in [5.41, 5.74) is 0.506. The van der Waals surface area contributed by atoms with Gasteiger partial charge in [0.25, 0.3) is 0 Å². The minimum Gasteiger partial charge on any atom is -0.508 e. The molecule has 27 heavy (non-hydrogen) atoms. The Labute approximate surface area is 159 Å². The van der Waals surface area contributed by atoms with Crippen LogP contribution >= 0.6 is 11.8 Å². The molecule has 0 fully saturated rings. The Morgan fingerprint density at radius 1 is 1.11 bits per heavy atom. The number of nitrogens with two attached hydrogens (primary N) is 1. The number of benzene rings is 2. The van der Waals surface area contributed by atoms with Crippen molar-refractivity contribution in [1.29, 1.82) is 0 Å². The molecule has 2 aromatic carbocycles. The van der Waals surface area contributed by atoms with Crippen LogP contribution in [0.4, 0.5) is 0 Å². The quantitative estimate of drug-likeness (QED) is 0.344. The first-order chi connectivity index (χ1) is 13.1. The Morgan fingerprint density at radius 2 is 1.78 bits per heavy atom. The molecule has 0 saturated carbocycles. The van der Waals surface area contributed by atoms with E-state index in [1.54, 1.807) is 43.5 Å². The summed E-state index contributed by atoms with van der Waals surface area (Å²) < 4.78 is 12.0. The van der Waals surface area contributed by atoms with Crippen LogP contribution in [0.2, 0.25) is 0 Å². The average Bonchev–Trinajstić information content (AvgIpc) is 3.05. The summed E-state index contributed by atoms with van der Waals surface area (Å²) in [6.07, 6.45) is 0. The molecule has 3 aromatic rings. The fourth-order valence-corrected chi connectivity index (χ4v) is 2.95. The van der Waals surface area contributed by atoms with Gasteiger partial charge in [-0.15, -0.1) is 10.2 Å². The highest BCUT2D eigenvalue weighted by atomic mass is 32.2. The first-order valence-electron chi connectivity index (χ1n) is 7.98. The SMILES string of the molecule is COc1ccc(OCc2nnc(SCC(=O)c3ccc(O)cc3)n2N)cc1. The molecule has 8 nitrogen and oxygen atoms in total. The molecule has 3 N–H and O–H groups in total. The Hall–Kier alpha value is -3.20. The highest BCUT2D eigenvalue weighted by Crippen LogP contribution is 2.20. The summed E-state index contributed by atoms with van der Waals surface area (Å²) in [5.74, 6) is 7.97. The number of rotatable bonds is 8. The second-order valence-corrected chi connectivity index (χ2v) is 6.43. The van der Waals surface area contributed by atoms with Gasteiger partial charge in [0.05, 0.1) is 12.9 Å². The van der Waals surface area contributed by atoms with Crippen LogP contribution in [0.15, 0.2) is 53.7 Å². The number of phenols is 1. The number of hydrogen-bond acceptors (Lipinski definition) is 8. The third-order valence-electron chi connectivity index (χ3n) is 3.68. The molecule has 0 radical (unpaired) electrons. The van der Waals surface area contributed by atoms with Crippen molar-refractivity contribution >= 4 is 17.5 Å². The molecule has 0 amide bonds. The van der Waals surface area contributed by atoms with Crippen molar-refractivity contribution < 1.29 is 19.4 Å². The summed E-state index contributed by atoms with van der Waals surface area (Å²) in [5, 5.41) is 17.7. The van der Waals surface area contributed by atoms with Crippen LogP contribution in [0.3, 0.4) is 0 Å². The number of Topliss-reactive ketones (excluding diaryl/α,β-unsaturated/α-hetero) is 1. The minimum atomic E-state index is -0.0981. The Kier molecular flexibility index (Phi) is 5.82. The van der Waals surface area contributed by atoms with Crippen LogP contribution in [0.1, 0.15) is 16.2 Å². The van der Waals surface area contributed by atoms with Crippen molar-refractivity contribution in [2.75, 3.05) is 18.7 Å². The Bertz CT molecular complexity index is 910. The van der Waals surface area contributed by atoms with Crippen molar-refractivity contribution in [1.82, 2.24) is 14.9 Å². The molecule has 0 aliphatic carbocycles. The molecule has 140 valence electrons. The number of hydrogen-bond donors (Lipinski definition) is 2. The first kappa shape index (κ1) is 18.6. The lowest BCUT2D eigenvalue weighted by Crippen LogP contribution is -2.16. The minimum absolute atomic E-state index is 0.0981. The topological polar surface area (TPSA) is 112 Å². The van der Waals surface area contributed by atoms with Crippen LogP contribution in [0, 0.1) is 0 Å². The molecular weight excluding hydrogens is 368 g/mol. The van der Waals surface area contributed by atoms with E-state index in [9.17, 15) is 9.90 Å². The van der Waals surface area contributed by atoms with E-state index in [1.807, 2.05) is 0 Å². The average molecular weight is 386 g/mol. The summed E-state index contributed by atoms with van der Waals surface area (Å²) in [6.45, 7) is 0.141. The molecule has 3 rings (SSSR count). The predicted molar refractivity (Wildman–Crippen MR) is 101 cm³/mol. The van der Waals surface area contributed by atoms with Gasteiger partial charge in [-0.05, 0) is 48.5 Å². The van der Waals surface area contributed by atoms with Gasteiger partial charge in [0.1, 0.15) is 23.9 Å². The van der Waals surface area contributed by atoms with Crippen LogP contribution < -0.4 is 15.3 Å². The van der Waals surface area contributed by atoms with Crippen molar-refractivity contribution in [3.05, 3.63) is 59.9 Å². The number of carbonyl (C=O) groups is 1. The molecule has 0 unspecified atom stereocenters. The van der Waals surface area contributed by atoms with Crippen LogP contribution in [-0.2, 0) is 6.61 Å². The van der Waals surface area contributed by atoms with E-state index in [-0.39, 0.29) is 23.9 Å². The summed E-state index contributed by atoms with van der Waals surface area (Å²) in [6, 6.07) is 13.2. The number of aromatic hydroxyl groups is 1. The van der Waals surface area contributed by atoms with Crippen molar-refractivity contribution in [3.63, 3.8) is 0 Å². The molecule has 0 aliphatic heterocycles. The van der Waals surface area contributed by atoms with Gasteiger partial charge in [-0.25, -0.2) is 4.68 Å². The molecule has 0 saturated heterocycles. The maximum Gasteiger partial charge on any atom is 0.210 e. The van der Waals surface area contributed by atoms with E-state index in [2.05, 4.69) is 10.2 Å². The lowest BCUT2D eigenvalue weighted by molar-refractivity contribution is 0.102. The van der Waals surface area contributed by atoms with Gasteiger partial charge in [-0.2, -0.15) is 0 Å². The fraction of sp³-hybridized carbons (Fsp3) is 0.167. The predicted octanol–water partition coefficient (Wildman–Crippen LogP) is 2.26. The van der Waals surface area contributed by atoms with Crippen molar-refractivity contribution in [2.24, 2.45) is 0 Å². The van der Waals surface area contributed by atoms with Crippen LogP contribution in [0.5, 0.6) is 17.2 Å². The molecule has 9 heteroatoms. The van der Waals surface area contributed by atoms with Crippen molar-refractivity contribution in [2.45, 2.75) is 11.8 Å². The number of aromatic nitrogens is 3. The van der Waals surface area contributed by atoms with E-state index < -0.39 is 0 Å². The molecular formula is C18H18N4O4S. The Morgan fingerprint density at radius 3 is 2.44 bits per heavy atom. The zero-order chi connectivity index (χ0) is 19.2. The lowest BCUT2D eigenvalue weighted by Gasteiger charge is -2.07. The molecule has 0 spiro atoms. The molecule has 0 aliphatic rings. The molecule has 1 aromatic heterocycles. The number of ketones is 1. The van der Waals surface area contributed by atoms with E-state index in [0.29, 0.717) is 22.3 Å². The number of phenolic OH excluding ortho intramolecular Hbond substituents is 1. The number of thioether (sulfide) groups is 1. The zero-order valence-corrected chi connectivity index (χ0v) is 15.3. The normalized spacial score (nSPS) is 10.6. The molecule has 0 atom stereocenters. The second kappa shape index (κ2) is 8.45. The van der Waals surface area contributed by atoms with Gasteiger partial charge in [-0.1, -0.05) is 11.8 Å². The zero-order valence-electron chi connectivity index (χ0n) is 14.5. The van der Waals surface area contributed by atoms with Gasteiger partial charge in [0, 0.05) is 5.56 Å². The van der Waals surface area contributed by atoms with Gasteiger partial charge in [-0.3, -0.25) is 4.79 Å². The summed E-state index contributed by atoms with van der Waals surface area (Å²) in [7, 11) is 1.60. The Balaban J connectivity index is 1.56. The third kappa shape index (κ3) is 4.70. The van der Waals surface area contributed by atoms with Gasteiger partial charge in [0.2, 0.25) is 5.16 Å². The van der Waals surface area contributed by atoms with E-state index in [4.69, 9.17) is 15.3 Å². The summed E-state index contributed by atoms with van der Waals surface area (Å²) in [4.78, 5) is 12.2. The highest BCUT2D eigenvalue weighted by molar-refractivity contribution is 7.99. The number of methoxy groups -OCH3 is 1. The highest BCUT2D eigenvalue weighted by Gasteiger charge is 2.14. The van der Waals surface area contributed by atoms with Crippen LogP contribution in [-0.4, -0.2) is 38.6 Å².